The zero-order chi connectivity index (χ0) is 22.5. The number of carbonyl (C=O) groups is 3. The number of ether oxygens (including phenoxy) is 3. The highest BCUT2D eigenvalue weighted by Crippen LogP contribution is 2.35. The second-order valence-electron chi connectivity index (χ2n) is 6.37. The Kier molecular flexibility index (Phi) is 6.96. The summed E-state index contributed by atoms with van der Waals surface area (Å²) in [5, 5.41) is 3.57. The van der Waals surface area contributed by atoms with E-state index in [2.05, 4.69) is 5.32 Å². The van der Waals surface area contributed by atoms with Crippen molar-refractivity contribution < 1.29 is 33.0 Å². The first kappa shape index (κ1) is 22.4. The van der Waals surface area contributed by atoms with Crippen LogP contribution < -0.4 is 10.1 Å². The van der Waals surface area contributed by atoms with Crippen molar-refractivity contribution >= 4 is 45.2 Å². The van der Waals surface area contributed by atoms with Crippen LogP contribution in [0.3, 0.4) is 0 Å². The van der Waals surface area contributed by atoms with E-state index in [9.17, 15) is 14.4 Å². The highest BCUT2D eigenvalue weighted by atomic mass is 32.1. The van der Waals surface area contributed by atoms with Gasteiger partial charge in [-0.05, 0) is 45.4 Å². The fourth-order valence-electron chi connectivity index (χ4n) is 3.02. The molecular formula is C22H23NO7S. The Hall–Kier alpha value is -3.33. The first-order valence-electron chi connectivity index (χ1n) is 9.85. The Morgan fingerprint density at radius 2 is 1.74 bits per heavy atom. The van der Waals surface area contributed by atoms with Gasteiger partial charge in [-0.15, -0.1) is 11.3 Å². The zero-order valence-electron chi connectivity index (χ0n) is 17.7. The molecule has 31 heavy (non-hydrogen) atoms. The van der Waals surface area contributed by atoms with Gasteiger partial charge >= 0.3 is 11.9 Å². The fraction of sp³-hybridized carbons (Fsp3) is 0.318. The molecule has 0 unspecified atom stereocenters. The van der Waals surface area contributed by atoms with Crippen molar-refractivity contribution in [3.8, 4) is 5.75 Å². The zero-order valence-corrected chi connectivity index (χ0v) is 18.5. The summed E-state index contributed by atoms with van der Waals surface area (Å²) in [5.74, 6) is -1.20. The first-order chi connectivity index (χ1) is 14.9. The van der Waals surface area contributed by atoms with Gasteiger partial charge in [0, 0.05) is 5.39 Å². The predicted molar refractivity (Wildman–Crippen MR) is 116 cm³/mol. The highest BCUT2D eigenvalue weighted by molar-refractivity contribution is 7.18. The van der Waals surface area contributed by atoms with Crippen molar-refractivity contribution in [1.82, 2.24) is 0 Å². The molecule has 9 heteroatoms. The lowest BCUT2D eigenvalue weighted by atomic mass is 10.1. The topological polar surface area (TPSA) is 104 Å². The predicted octanol–water partition coefficient (Wildman–Crippen LogP) is 4.81. The number of furan rings is 1. The minimum atomic E-state index is -0.634. The molecule has 8 nitrogen and oxygen atoms in total. The molecule has 3 rings (SSSR count). The van der Waals surface area contributed by atoms with E-state index in [1.807, 2.05) is 6.92 Å². The van der Waals surface area contributed by atoms with Gasteiger partial charge in [0.1, 0.15) is 9.88 Å². The Morgan fingerprint density at radius 1 is 1.03 bits per heavy atom. The fourth-order valence-corrected chi connectivity index (χ4v) is 4.11. The number of benzene rings is 1. The quantitative estimate of drug-likeness (QED) is 0.496. The first-order valence-corrected chi connectivity index (χ1v) is 10.7. The van der Waals surface area contributed by atoms with Crippen LogP contribution >= 0.6 is 11.3 Å². The monoisotopic (exact) mass is 445 g/mol. The average Bonchev–Trinajstić information content (AvgIpc) is 3.30. The highest BCUT2D eigenvalue weighted by Gasteiger charge is 2.28. The number of esters is 2. The Morgan fingerprint density at radius 3 is 2.42 bits per heavy atom. The number of para-hydroxylation sites is 1. The van der Waals surface area contributed by atoms with Gasteiger partial charge in [-0.25, -0.2) is 9.59 Å². The Balaban J connectivity index is 1.97. The second-order valence-corrected chi connectivity index (χ2v) is 7.39. The van der Waals surface area contributed by atoms with Crippen LogP contribution in [0.15, 0.2) is 28.7 Å². The lowest BCUT2D eigenvalue weighted by molar-refractivity contribution is 0.0527. The summed E-state index contributed by atoms with van der Waals surface area (Å²) in [6.07, 6.45) is 0. The van der Waals surface area contributed by atoms with Crippen LogP contribution in [-0.2, 0) is 9.47 Å². The molecule has 0 radical (unpaired) electrons. The summed E-state index contributed by atoms with van der Waals surface area (Å²) in [6, 6.07) is 6.95. The number of amides is 1. The molecule has 0 aliphatic carbocycles. The van der Waals surface area contributed by atoms with Crippen LogP contribution in [0.5, 0.6) is 5.75 Å². The third-order valence-corrected chi connectivity index (χ3v) is 5.53. The Labute approximate surface area is 183 Å². The smallest absolute Gasteiger partial charge is 0.348 e. The molecule has 2 heterocycles. The van der Waals surface area contributed by atoms with Crippen molar-refractivity contribution in [3.05, 3.63) is 46.0 Å². The summed E-state index contributed by atoms with van der Waals surface area (Å²) in [6.45, 7) is 7.62. The van der Waals surface area contributed by atoms with E-state index in [0.29, 0.717) is 28.9 Å². The standard InChI is InChI=1S/C22H23NO7S/c1-5-27-14-10-8-9-13-11-15(30-17(13)14)19(24)23-20-16(21(25)28-6-2)12(4)18(31-20)22(26)29-7-3/h8-11H,5-7H2,1-4H3,(H,23,24). The minimum Gasteiger partial charge on any atom is -0.490 e. The molecule has 0 bridgehead atoms. The van der Waals surface area contributed by atoms with E-state index < -0.39 is 17.8 Å². The number of rotatable bonds is 8. The van der Waals surface area contributed by atoms with Crippen molar-refractivity contribution in [2.24, 2.45) is 0 Å². The molecule has 3 aromatic rings. The summed E-state index contributed by atoms with van der Waals surface area (Å²) < 4.78 is 21.4. The molecule has 164 valence electrons. The van der Waals surface area contributed by atoms with Crippen molar-refractivity contribution in [1.29, 1.82) is 0 Å². The molecule has 0 saturated heterocycles. The molecule has 0 aliphatic heterocycles. The summed E-state index contributed by atoms with van der Waals surface area (Å²) in [5.41, 5.74) is 0.962. The van der Waals surface area contributed by atoms with E-state index in [4.69, 9.17) is 18.6 Å². The van der Waals surface area contributed by atoms with E-state index >= 15 is 0 Å². The van der Waals surface area contributed by atoms with E-state index in [1.54, 1.807) is 45.0 Å². The lowest BCUT2D eigenvalue weighted by Crippen LogP contribution is -2.14. The van der Waals surface area contributed by atoms with Gasteiger partial charge in [0.05, 0.1) is 25.4 Å². The molecule has 1 aromatic carbocycles. The maximum atomic E-state index is 12.9. The van der Waals surface area contributed by atoms with Gasteiger partial charge in [-0.3, -0.25) is 4.79 Å². The maximum absolute atomic E-state index is 12.9. The molecule has 1 N–H and O–H groups in total. The SMILES string of the molecule is CCOC(=O)c1sc(NC(=O)c2cc3cccc(OCC)c3o2)c(C(=O)OCC)c1C. The number of carbonyl (C=O) groups excluding carboxylic acids is 3. The maximum Gasteiger partial charge on any atom is 0.348 e. The van der Waals surface area contributed by atoms with E-state index in [1.165, 1.54) is 0 Å². The molecule has 0 aliphatic rings. The largest absolute Gasteiger partial charge is 0.490 e. The van der Waals surface area contributed by atoms with Crippen LogP contribution in [0, 0.1) is 6.92 Å². The third-order valence-electron chi connectivity index (χ3n) is 4.35. The van der Waals surface area contributed by atoms with Crippen LogP contribution in [0.2, 0.25) is 0 Å². The van der Waals surface area contributed by atoms with Gasteiger partial charge in [-0.2, -0.15) is 0 Å². The minimum absolute atomic E-state index is 0.0423. The molecule has 0 saturated carbocycles. The van der Waals surface area contributed by atoms with Crippen molar-refractivity contribution in [3.63, 3.8) is 0 Å². The molecule has 0 spiro atoms. The second kappa shape index (κ2) is 9.65. The lowest BCUT2D eigenvalue weighted by Gasteiger charge is -2.06. The molecule has 0 fully saturated rings. The number of anilines is 1. The van der Waals surface area contributed by atoms with E-state index in [-0.39, 0.29) is 34.4 Å². The molecule has 2 aromatic heterocycles. The van der Waals surface area contributed by atoms with Crippen LogP contribution in [0.4, 0.5) is 5.00 Å². The van der Waals surface area contributed by atoms with Gasteiger partial charge in [0.25, 0.3) is 5.91 Å². The number of hydrogen-bond acceptors (Lipinski definition) is 8. The summed E-state index contributed by atoms with van der Waals surface area (Å²) in [7, 11) is 0. The van der Waals surface area contributed by atoms with Gasteiger partial charge in [0.15, 0.2) is 17.1 Å². The third kappa shape index (κ3) is 4.56. The summed E-state index contributed by atoms with van der Waals surface area (Å²) >= 11 is 0.956. The normalized spacial score (nSPS) is 10.7. The number of nitrogens with one attached hydrogen (secondary N) is 1. The van der Waals surface area contributed by atoms with Gasteiger partial charge in [-0.1, -0.05) is 12.1 Å². The molecule has 1 amide bonds. The van der Waals surface area contributed by atoms with Crippen LogP contribution in [0.1, 0.15) is 56.9 Å². The van der Waals surface area contributed by atoms with Gasteiger partial charge < -0.3 is 23.9 Å². The average molecular weight is 445 g/mol. The molecular weight excluding hydrogens is 422 g/mol. The molecule has 0 atom stereocenters. The van der Waals surface area contributed by atoms with E-state index in [0.717, 1.165) is 11.3 Å². The number of fused-ring (bicyclic) bond motifs is 1. The van der Waals surface area contributed by atoms with Crippen molar-refractivity contribution in [2.75, 3.05) is 25.1 Å². The van der Waals surface area contributed by atoms with Crippen LogP contribution in [-0.4, -0.2) is 37.7 Å². The Bertz CT molecular complexity index is 1130. The van der Waals surface area contributed by atoms with Gasteiger partial charge in [0.2, 0.25) is 0 Å². The van der Waals surface area contributed by atoms with Crippen molar-refractivity contribution in [2.45, 2.75) is 27.7 Å². The number of hydrogen-bond donors (Lipinski definition) is 1. The number of thiophene rings is 1. The van der Waals surface area contributed by atoms with Crippen LogP contribution in [0.25, 0.3) is 11.0 Å². The summed E-state index contributed by atoms with van der Waals surface area (Å²) in [4.78, 5) is 37.9.